The highest BCUT2D eigenvalue weighted by molar-refractivity contribution is 5.91. The Kier molecular flexibility index (Phi) is 7.91. The van der Waals surface area contributed by atoms with Crippen molar-refractivity contribution in [2.24, 2.45) is 5.92 Å². The van der Waals surface area contributed by atoms with E-state index in [1.807, 2.05) is 39.0 Å². The van der Waals surface area contributed by atoms with Gasteiger partial charge in [-0.1, -0.05) is 19.9 Å². The molecule has 0 saturated heterocycles. The van der Waals surface area contributed by atoms with Crippen LogP contribution in [0.2, 0.25) is 0 Å². The average molecular weight is 308 g/mol. The molecule has 0 fully saturated rings. The van der Waals surface area contributed by atoms with Gasteiger partial charge in [-0.3, -0.25) is 4.79 Å². The third kappa shape index (κ3) is 6.91. The monoisotopic (exact) mass is 308 g/mol. The molecule has 2 atom stereocenters. The third-order valence-electron chi connectivity index (χ3n) is 3.55. The number of nitrogens with one attached hydrogen (secondary N) is 2. The van der Waals surface area contributed by atoms with Crippen LogP contribution in [0.3, 0.4) is 0 Å². The van der Waals surface area contributed by atoms with Crippen molar-refractivity contribution in [3.8, 4) is 5.75 Å². The third-order valence-corrected chi connectivity index (χ3v) is 3.55. The first kappa shape index (κ1) is 18.5. The zero-order valence-corrected chi connectivity index (χ0v) is 13.9. The van der Waals surface area contributed by atoms with Gasteiger partial charge in [0, 0.05) is 24.2 Å². The number of carbonyl (C=O) groups excluding carboxylic acids is 1. The molecule has 2 unspecified atom stereocenters. The summed E-state index contributed by atoms with van der Waals surface area (Å²) in [6.45, 7) is 6.66. The molecule has 1 aromatic rings. The fourth-order valence-electron chi connectivity index (χ4n) is 2.07. The normalized spacial score (nSPS) is 13.7. The minimum Gasteiger partial charge on any atom is -0.497 e. The first-order chi connectivity index (χ1) is 10.4. The Morgan fingerprint density at radius 3 is 2.68 bits per heavy atom. The summed E-state index contributed by atoms with van der Waals surface area (Å²) in [5.74, 6) is 0.928. The number of aliphatic hydroxyl groups excluding tert-OH is 1. The number of rotatable bonds is 9. The molecular weight excluding hydrogens is 280 g/mol. The summed E-state index contributed by atoms with van der Waals surface area (Å²) in [4.78, 5) is 12.0. The number of methoxy groups -OCH3 is 1. The van der Waals surface area contributed by atoms with Crippen molar-refractivity contribution in [3.63, 3.8) is 0 Å². The van der Waals surface area contributed by atoms with Gasteiger partial charge in [0.1, 0.15) is 5.75 Å². The molecule has 0 saturated carbocycles. The summed E-state index contributed by atoms with van der Waals surface area (Å²) in [6.07, 6.45) is 0.777. The van der Waals surface area contributed by atoms with E-state index in [1.54, 1.807) is 13.2 Å². The van der Waals surface area contributed by atoms with E-state index in [9.17, 15) is 9.90 Å². The lowest BCUT2D eigenvalue weighted by molar-refractivity contribution is -0.116. The molecule has 1 aromatic carbocycles. The predicted octanol–water partition coefficient (Wildman–Crippen LogP) is 2.41. The molecule has 0 aliphatic rings. The zero-order chi connectivity index (χ0) is 16.5. The van der Waals surface area contributed by atoms with Crippen molar-refractivity contribution in [2.45, 2.75) is 45.8 Å². The van der Waals surface area contributed by atoms with Crippen LogP contribution in [0.4, 0.5) is 5.69 Å². The van der Waals surface area contributed by atoms with E-state index in [1.165, 1.54) is 0 Å². The largest absolute Gasteiger partial charge is 0.497 e. The number of hydrogen-bond donors (Lipinski definition) is 3. The van der Waals surface area contributed by atoms with Crippen LogP contribution in [0.25, 0.3) is 0 Å². The molecular formula is C17H28N2O3. The van der Waals surface area contributed by atoms with Gasteiger partial charge in [-0.05, 0) is 37.9 Å². The molecule has 0 aliphatic heterocycles. The first-order valence-corrected chi connectivity index (χ1v) is 7.77. The van der Waals surface area contributed by atoms with E-state index in [0.717, 1.165) is 5.69 Å². The van der Waals surface area contributed by atoms with E-state index in [4.69, 9.17) is 4.74 Å². The Morgan fingerprint density at radius 2 is 2.05 bits per heavy atom. The number of carbonyl (C=O) groups is 1. The van der Waals surface area contributed by atoms with Gasteiger partial charge in [0.2, 0.25) is 5.91 Å². The molecule has 5 heteroatoms. The summed E-state index contributed by atoms with van der Waals surface area (Å²) < 4.78 is 5.12. The van der Waals surface area contributed by atoms with E-state index in [0.29, 0.717) is 25.1 Å². The van der Waals surface area contributed by atoms with Crippen LogP contribution in [0, 0.1) is 5.92 Å². The molecule has 0 aromatic heterocycles. The van der Waals surface area contributed by atoms with Crippen molar-refractivity contribution in [2.75, 3.05) is 19.0 Å². The number of ether oxygens (including phenoxy) is 1. The second-order valence-corrected chi connectivity index (χ2v) is 5.94. The molecule has 3 N–H and O–H groups in total. The topological polar surface area (TPSA) is 70.6 Å². The Hall–Kier alpha value is -1.59. The molecule has 1 amide bonds. The van der Waals surface area contributed by atoms with Crippen LogP contribution < -0.4 is 15.4 Å². The lowest BCUT2D eigenvalue weighted by Gasteiger charge is -2.17. The lowest BCUT2D eigenvalue weighted by Crippen LogP contribution is -2.33. The van der Waals surface area contributed by atoms with Gasteiger partial charge >= 0.3 is 0 Å². The van der Waals surface area contributed by atoms with Gasteiger partial charge in [-0.25, -0.2) is 0 Å². The second kappa shape index (κ2) is 9.43. The summed E-state index contributed by atoms with van der Waals surface area (Å²) in [5, 5.41) is 15.9. The fraction of sp³-hybridized carbons (Fsp3) is 0.588. The van der Waals surface area contributed by atoms with Crippen molar-refractivity contribution in [3.05, 3.63) is 24.3 Å². The van der Waals surface area contributed by atoms with Crippen molar-refractivity contribution < 1.29 is 14.6 Å². The van der Waals surface area contributed by atoms with Crippen LogP contribution in [0.5, 0.6) is 5.75 Å². The van der Waals surface area contributed by atoms with Gasteiger partial charge in [0.25, 0.3) is 0 Å². The number of anilines is 1. The number of amides is 1. The van der Waals surface area contributed by atoms with E-state index >= 15 is 0 Å². The highest BCUT2D eigenvalue weighted by atomic mass is 16.5. The molecule has 0 bridgehead atoms. The molecule has 22 heavy (non-hydrogen) atoms. The Bertz CT molecular complexity index is 463. The minimum atomic E-state index is -0.301. The highest BCUT2D eigenvalue weighted by Gasteiger charge is 2.12. The van der Waals surface area contributed by atoms with Crippen molar-refractivity contribution >= 4 is 11.6 Å². The van der Waals surface area contributed by atoms with Gasteiger partial charge in [-0.15, -0.1) is 0 Å². The van der Waals surface area contributed by atoms with Gasteiger partial charge < -0.3 is 20.5 Å². The Balaban J connectivity index is 2.31. The summed E-state index contributed by atoms with van der Waals surface area (Å²) >= 11 is 0. The van der Waals surface area contributed by atoms with Crippen molar-refractivity contribution in [1.82, 2.24) is 5.32 Å². The van der Waals surface area contributed by atoms with Crippen molar-refractivity contribution in [1.29, 1.82) is 0 Å². The lowest BCUT2D eigenvalue weighted by atomic mass is 10.0. The maximum Gasteiger partial charge on any atom is 0.225 e. The van der Waals surface area contributed by atoms with Crippen LogP contribution in [0.15, 0.2) is 24.3 Å². The number of hydrogen-bond acceptors (Lipinski definition) is 4. The molecule has 0 spiro atoms. The molecule has 0 aliphatic carbocycles. The van der Waals surface area contributed by atoms with Gasteiger partial charge in [-0.2, -0.15) is 0 Å². The quantitative estimate of drug-likeness (QED) is 0.655. The van der Waals surface area contributed by atoms with E-state index < -0.39 is 0 Å². The van der Waals surface area contributed by atoms with Gasteiger partial charge in [0.05, 0.1) is 13.2 Å². The average Bonchev–Trinajstić information content (AvgIpc) is 2.46. The summed E-state index contributed by atoms with van der Waals surface area (Å²) in [6, 6.07) is 7.35. The highest BCUT2D eigenvalue weighted by Crippen LogP contribution is 2.16. The van der Waals surface area contributed by atoms with Gasteiger partial charge in [0.15, 0.2) is 0 Å². The maximum absolute atomic E-state index is 12.0. The van der Waals surface area contributed by atoms with Crippen LogP contribution in [-0.2, 0) is 4.79 Å². The molecule has 1 rings (SSSR count). The first-order valence-electron chi connectivity index (χ1n) is 7.77. The SMILES string of the molecule is COc1cccc(NC(=O)CC(C)NCCC(O)C(C)C)c1. The zero-order valence-electron chi connectivity index (χ0n) is 13.9. The fourth-order valence-corrected chi connectivity index (χ4v) is 2.07. The van der Waals surface area contributed by atoms with Crippen LogP contribution in [-0.4, -0.2) is 36.8 Å². The molecule has 124 valence electrons. The van der Waals surface area contributed by atoms with E-state index in [2.05, 4.69) is 10.6 Å². The molecule has 0 radical (unpaired) electrons. The minimum absolute atomic E-state index is 0.0438. The smallest absolute Gasteiger partial charge is 0.225 e. The predicted molar refractivity (Wildman–Crippen MR) is 89.2 cm³/mol. The number of benzene rings is 1. The standard InChI is InChI=1S/C17H28N2O3/c1-12(2)16(20)8-9-18-13(3)10-17(21)19-14-6-5-7-15(11-14)22-4/h5-7,11-13,16,18,20H,8-10H2,1-4H3,(H,19,21). The summed E-state index contributed by atoms with van der Waals surface area (Å²) in [7, 11) is 1.60. The van der Waals surface area contributed by atoms with E-state index in [-0.39, 0.29) is 24.0 Å². The summed E-state index contributed by atoms with van der Waals surface area (Å²) in [5.41, 5.74) is 0.729. The molecule has 0 heterocycles. The van der Waals surface area contributed by atoms with Crippen LogP contribution >= 0.6 is 0 Å². The number of aliphatic hydroxyl groups is 1. The Labute approximate surface area is 133 Å². The molecule has 5 nitrogen and oxygen atoms in total. The maximum atomic E-state index is 12.0. The Morgan fingerprint density at radius 1 is 1.32 bits per heavy atom. The second-order valence-electron chi connectivity index (χ2n) is 5.94. The van der Waals surface area contributed by atoms with Crippen LogP contribution in [0.1, 0.15) is 33.6 Å².